The van der Waals surface area contributed by atoms with Crippen molar-refractivity contribution in [3.8, 4) is 11.1 Å². The number of aliphatic hydroxyl groups is 1. The van der Waals surface area contributed by atoms with Crippen molar-refractivity contribution < 1.29 is 28.9 Å². The molecule has 1 heterocycles. The van der Waals surface area contributed by atoms with Crippen LogP contribution >= 0.6 is 0 Å². The number of carbonyl (C=O) groups is 2. The van der Waals surface area contributed by atoms with Gasteiger partial charge in [-0.3, -0.25) is 0 Å². The molecule has 9 heteroatoms. The summed E-state index contributed by atoms with van der Waals surface area (Å²) in [5, 5.41) is 15.2. The Morgan fingerprint density at radius 3 is 2.28 bits per heavy atom. The van der Waals surface area contributed by atoms with Crippen molar-refractivity contribution in [2.24, 2.45) is 5.92 Å². The van der Waals surface area contributed by atoms with Crippen molar-refractivity contribution in [2.45, 2.75) is 51.0 Å². The van der Waals surface area contributed by atoms with Crippen LogP contribution in [0.5, 0.6) is 0 Å². The molecule has 9 nitrogen and oxygen atoms in total. The molecule has 262 valence electrons. The molecule has 5 rings (SSSR count). The molecular weight excluding hydrogens is 630 g/mol. The minimum absolute atomic E-state index is 0.00851. The van der Waals surface area contributed by atoms with E-state index in [1.165, 1.54) is 7.11 Å². The number of likely N-dealkylation sites (N-methyl/N-ethyl adjacent to an activating group) is 1. The number of hydrogen-bond acceptors (Lipinski definition) is 7. The molecule has 3 N–H and O–H groups in total. The number of rotatable bonds is 14. The molecule has 2 amide bonds. The zero-order valence-corrected chi connectivity index (χ0v) is 29.0. The predicted molar refractivity (Wildman–Crippen MR) is 194 cm³/mol. The Labute approximate surface area is 294 Å². The monoisotopic (exact) mass is 677 g/mol. The fraction of sp³-hybridized carbons (Fsp3) is 0.317. The Morgan fingerprint density at radius 2 is 1.60 bits per heavy atom. The van der Waals surface area contributed by atoms with Crippen molar-refractivity contribution in [3.05, 3.63) is 144 Å². The highest BCUT2D eigenvalue weighted by Crippen LogP contribution is 2.42. The third kappa shape index (κ3) is 9.46. The normalized spacial score (nSPS) is 19.4. The third-order valence-electron chi connectivity index (χ3n) is 9.08. The molecule has 1 fully saturated rings. The first-order chi connectivity index (χ1) is 24.3. The molecule has 50 heavy (non-hydrogen) atoms. The molecule has 1 saturated heterocycles. The quantitative estimate of drug-likeness (QED) is 0.106. The van der Waals surface area contributed by atoms with Crippen LogP contribution in [0.1, 0.15) is 47.1 Å². The number of carbonyl (C=O) groups excluding carboxylic acids is 2. The van der Waals surface area contributed by atoms with E-state index < -0.39 is 24.3 Å². The van der Waals surface area contributed by atoms with Gasteiger partial charge in [0, 0.05) is 37.5 Å². The zero-order valence-electron chi connectivity index (χ0n) is 29.0. The fourth-order valence-electron chi connectivity index (χ4n) is 6.28. The largest absolute Gasteiger partial charge is 0.467 e. The highest BCUT2D eigenvalue weighted by atomic mass is 16.7. The van der Waals surface area contributed by atoms with E-state index in [1.807, 2.05) is 109 Å². The SMILES string of the molecule is C=CCN(C)C[C@@H]1O[C@H](c2ccc(-c3ccccc3CNC(=O)N[C@@H](Cc3ccccc3)C(=O)OC)cc2)O[C@H](c2ccc(CO)cc2)[C@@H]1C. The molecule has 4 aromatic rings. The molecule has 0 spiro atoms. The van der Waals surface area contributed by atoms with Gasteiger partial charge < -0.3 is 34.9 Å². The van der Waals surface area contributed by atoms with E-state index >= 15 is 0 Å². The Bertz CT molecular complexity index is 1700. The van der Waals surface area contributed by atoms with Gasteiger partial charge >= 0.3 is 12.0 Å². The lowest BCUT2D eigenvalue weighted by Crippen LogP contribution is -2.47. The summed E-state index contributed by atoms with van der Waals surface area (Å²) in [6.45, 7) is 7.75. The minimum Gasteiger partial charge on any atom is -0.467 e. The van der Waals surface area contributed by atoms with Crippen LogP contribution in [0.15, 0.2) is 116 Å². The second kappa shape index (κ2) is 17.7. The second-order valence-corrected chi connectivity index (χ2v) is 12.7. The van der Waals surface area contributed by atoms with E-state index in [9.17, 15) is 14.7 Å². The van der Waals surface area contributed by atoms with Crippen LogP contribution in [0.4, 0.5) is 4.79 Å². The van der Waals surface area contributed by atoms with E-state index in [4.69, 9.17) is 14.2 Å². The summed E-state index contributed by atoms with van der Waals surface area (Å²) in [5.41, 5.74) is 6.58. The number of hydrogen-bond donors (Lipinski definition) is 3. The first-order valence-corrected chi connectivity index (χ1v) is 16.9. The molecule has 0 aliphatic carbocycles. The lowest BCUT2D eigenvalue weighted by atomic mass is 9.90. The summed E-state index contributed by atoms with van der Waals surface area (Å²) < 4.78 is 18.2. The summed E-state index contributed by atoms with van der Waals surface area (Å²) in [6, 6.07) is 32.1. The highest BCUT2D eigenvalue weighted by Gasteiger charge is 2.38. The summed E-state index contributed by atoms with van der Waals surface area (Å²) in [4.78, 5) is 27.6. The number of benzene rings is 4. The van der Waals surface area contributed by atoms with Gasteiger partial charge in [-0.1, -0.05) is 116 Å². The van der Waals surface area contributed by atoms with Gasteiger partial charge in [-0.05, 0) is 40.4 Å². The van der Waals surface area contributed by atoms with E-state index in [1.54, 1.807) is 0 Å². The van der Waals surface area contributed by atoms with Crippen molar-refractivity contribution in [1.29, 1.82) is 0 Å². The second-order valence-electron chi connectivity index (χ2n) is 12.7. The van der Waals surface area contributed by atoms with Gasteiger partial charge in [0.2, 0.25) is 0 Å². The van der Waals surface area contributed by atoms with E-state index in [2.05, 4.69) is 36.1 Å². The minimum atomic E-state index is -0.820. The van der Waals surface area contributed by atoms with Crippen molar-refractivity contribution >= 4 is 12.0 Å². The maximum atomic E-state index is 12.9. The number of amides is 2. The number of esters is 1. The van der Waals surface area contributed by atoms with Crippen molar-refractivity contribution in [2.75, 3.05) is 27.2 Å². The van der Waals surface area contributed by atoms with E-state index in [0.29, 0.717) is 6.42 Å². The molecule has 0 saturated carbocycles. The molecule has 5 atom stereocenters. The van der Waals surface area contributed by atoms with Crippen LogP contribution in [0.2, 0.25) is 0 Å². The van der Waals surface area contributed by atoms with Gasteiger partial charge in [-0.2, -0.15) is 0 Å². The Kier molecular flexibility index (Phi) is 12.9. The maximum absolute atomic E-state index is 12.9. The smallest absolute Gasteiger partial charge is 0.328 e. The average molecular weight is 678 g/mol. The van der Waals surface area contributed by atoms with Gasteiger partial charge in [0.25, 0.3) is 0 Å². The average Bonchev–Trinajstić information content (AvgIpc) is 3.15. The first-order valence-electron chi connectivity index (χ1n) is 16.9. The van der Waals surface area contributed by atoms with Gasteiger partial charge in [0.05, 0.1) is 25.9 Å². The predicted octanol–water partition coefficient (Wildman–Crippen LogP) is 6.34. The number of ether oxygens (including phenoxy) is 3. The van der Waals surface area contributed by atoms with Crippen LogP contribution in [-0.2, 0) is 38.6 Å². The van der Waals surface area contributed by atoms with Gasteiger partial charge in [-0.15, -0.1) is 6.58 Å². The Balaban J connectivity index is 1.29. The number of aliphatic hydroxyl groups excluding tert-OH is 1. The lowest BCUT2D eigenvalue weighted by molar-refractivity contribution is -0.275. The van der Waals surface area contributed by atoms with Crippen LogP contribution in [0.25, 0.3) is 11.1 Å². The highest BCUT2D eigenvalue weighted by molar-refractivity contribution is 5.84. The molecular formula is C41H47N3O6. The molecule has 1 aliphatic heterocycles. The molecule has 1 aliphatic rings. The van der Waals surface area contributed by atoms with Crippen molar-refractivity contribution in [3.63, 3.8) is 0 Å². The lowest BCUT2D eigenvalue weighted by Gasteiger charge is -2.42. The molecule has 0 unspecified atom stereocenters. The zero-order chi connectivity index (χ0) is 35.5. The number of nitrogens with zero attached hydrogens (tertiary/aromatic N) is 1. The van der Waals surface area contributed by atoms with E-state index in [0.717, 1.165) is 52.0 Å². The third-order valence-corrected chi connectivity index (χ3v) is 9.08. The van der Waals surface area contributed by atoms with Gasteiger partial charge in [-0.25, -0.2) is 9.59 Å². The Hall–Kier alpha value is -4.80. The van der Waals surface area contributed by atoms with Gasteiger partial charge in [0.15, 0.2) is 6.29 Å². The topological polar surface area (TPSA) is 109 Å². The molecule has 0 aromatic heterocycles. The number of methoxy groups -OCH3 is 1. The number of urea groups is 1. The van der Waals surface area contributed by atoms with E-state index in [-0.39, 0.29) is 31.3 Å². The Morgan fingerprint density at radius 1 is 0.920 bits per heavy atom. The van der Waals surface area contributed by atoms with Crippen LogP contribution < -0.4 is 10.6 Å². The van der Waals surface area contributed by atoms with Crippen LogP contribution in [-0.4, -0.2) is 61.4 Å². The fourth-order valence-corrected chi connectivity index (χ4v) is 6.28. The molecule has 0 radical (unpaired) electrons. The maximum Gasteiger partial charge on any atom is 0.328 e. The molecule has 0 bridgehead atoms. The van der Waals surface area contributed by atoms with Gasteiger partial charge in [0.1, 0.15) is 6.04 Å². The molecule has 4 aromatic carbocycles. The standard InChI is InChI=1S/C41H47N3O6/c1-5-23-44(3)26-37-28(2)38(32-17-15-30(27-45)16-18-32)50-40(49-37)33-21-19-31(20-22-33)35-14-10-9-13-34(35)25-42-41(47)43-36(39(46)48-4)24-29-11-7-6-8-12-29/h5-22,28,36-38,40,45H,1,23-27H2,2-4H3,(H2,42,43,47)/t28-,36+,37+,38+,40+/m1/s1. The summed E-state index contributed by atoms with van der Waals surface area (Å²) in [7, 11) is 3.37. The summed E-state index contributed by atoms with van der Waals surface area (Å²) in [6.07, 6.45) is 1.33. The first kappa shape index (κ1) is 36.5. The summed E-state index contributed by atoms with van der Waals surface area (Å²) >= 11 is 0. The van der Waals surface area contributed by atoms with Crippen LogP contribution in [0.3, 0.4) is 0 Å². The summed E-state index contributed by atoms with van der Waals surface area (Å²) in [5.74, 6) is -0.429. The van der Waals surface area contributed by atoms with Crippen LogP contribution in [0, 0.1) is 5.92 Å². The van der Waals surface area contributed by atoms with Crippen molar-refractivity contribution in [1.82, 2.24) is 15.5 Å². The number of nitrogens with one attached hydrogen (secondary N) is 2.